The molecule has 2 aromatic heterocycles. The van der Waals surface area contributed by atoms with Gasteiger partial charge in [-0.3, -0.25) is 18.7 Å². The van der Waals surface area contributed by atoms with Gasteiger partial charge >= 0.3 is 5.97 Å². The second-order valence-corrected chi connectivity index (χ2v) is 20.9. The molecule has 2 aliphatic heterocycles. The molecule has 1 fully saturated rings. The lowest BCUT2D eigenvalue weighted by Crippen LogP contribution is -2.74. The third-order valence-corrected chi connectivity index (χ3v) is 16.6. The van der Waals surface area contributed by atoms with Crippen molar-refractivity contribution < 1.29 is 28.2 Å². The molecule has 6 aromatic carbocycles. The lowest BCUT2D eigenvalue weighted by atomic mass is 9.76. The SMILES string of the molecule is CCCCOC(=O)C1=C(CBr)CS(=O)[C@H]2[C@H](NC(=O)C(=NOCc3cncn3C(c3ccccc3)(c3ccccc3)c3ccccc3)c3csc(NC(c4ccccc4)(c4ccccc4)c4ccccc4)n3)C(=O)N12. The minimum atomic E-state index is -1.68. The van der Waals surface area contributed by atoms with Gasteiger partial charge in [-0.05, 0) is 45.4 Å². The second-order valence-electron chi connectivity index (χ2n) is 17.9. The molecule has 378 valence electrons. The minimum absolute atomic E-state index is 0.00552. The fourth-order valence-corrected chi connectivity index (χ4v) is 13.1. The number of nitrogens with one attached hydrogen (secondary N) is 2. The third-order valence-electron chi connectivity index (χ3n) is 13.5. The molecule has 0 bridgehead atoms. The highest BCUT2D eigenvalue weighted by Gasteiger charge is 2.57. The van der Waals surface area contributed by atoms with E-state index in [2.05, 4.69) is 114 Å². The summed E-state index contributed by atoms with van der Waals surface area (Å²) in [7, 11) is -1.68. The monoisotopic (exact) mass is 1100 g/mol. The van der Waals surface area contributed by atoms with Crippen LogP contribution in [0.4, 0.5) is 5.13 Å². The van der Waals surface area contributed by atoms with Crippen LogP contribution in [0.2, 0.25) is 0 Å². The number of carbonyl (C=O) groups excluding carboxylic acids is 3. The van der Waals surface area contributed by atoms with Crippen LogP contribution >= 0.6 is 27.3 Å². The number of hydrogen-bond acceptors (Lipinski definition) is 11. The average molecular weight is 1100 g/mol. The largest absolute Gasteiger partial charge is 0.461 e. The molecule has 16 heteroatoms. The van der Waals surface area contributed by atoms with Crippen LogP contribution in [0.3, 0.4) is 0 Å². The first-order chi connectivity index (χ1) is 36.8. The van der Waals surface area contributed by atoms with Crippen molar-refractivity contribution in [3.8, 4) is 0 Å². The number of fused-ring (bicyclic) bond motifs is 1. The number of thiazole rings is 1. The average Bonchev–Trinajstić information content (AvgIpc) is 4.17. The van der Waals surface area contributed by atoms with Gasteiger partial charge in [-0.25, -0.2) is 14.8 Å². The first-order valence-corrected chi connectivity index (χ1v) is 27.9. The highest BCUT2D eigenvalue weighted by atomic mass is 79.9. The van der Waals surface area contributed by atoms with Crippen molar-refractivity contribution in [1.82, 2.24) is 24.8 Å². The van der Waals surface area contributed by atoms with Crippen LogP contribution in [-0.2, 0) is 52.4 Å². The van der Waals surface area contributed by atoms with Gasteiger partial charge in [-0.15, -0.1) is 11.3 Å². The number of rotatable bonds is 20. The van der Waals surface area contributed by atoms with Gasteiger partial charge in [0.2, 0.25) is 0 Å². The van der Waals surface area contributed by atoms with Crippen molar-refractivity contribution in [2.45, 2.75) is 48.9 Å². The van der Waals surface area contributed by atoms with Crippen molar-refractivity contribution >= 4 is 66.7 Å². The number of esters is 1. The number of hydrogen-bond donors (Lipinski definition) is 2. The molecule has 2 N–H and O–H groups in total. The number of ether oxygens (including phenoxy) is 1. The summed E-state index contributed by atoms with van der Waals surface area (Å²) < 4.78 is 21.5. The number of unbranched alkanes of at least 4 members (excludes halogenated alkanes) is 1. The molecular weight excluding hydrogens is 1050 g/mol. The third kappa shape index (κ3) is 9.76. The summed E-state index contributed by atoms with van der Waals surface area (Å²) in [6.45, 7) is 2.00. The molecule has 0 radical (unpaired) electrons. The Hall–Kier alpha value is -7.79. The molecule has 0 saturated carbocycles. The Kier molecular flexibility index (Phi) is 15.4. The summed E-state index contributed by atoms with van der Waals surface area (Å²) in [6.07, 6.45) is 4.92. The van der Waals surface area contributed by atoms with Gasteiger partial charge in [0.15, 0.2) is 17.5 Å². The molecule has 0 aliphatic carbocycles. The fourth-order valence-electron chi connectivity index (χ4n) is 9.97. The van der Waals surface area contributed by atoms with E-state index in [1.54, 1.807) is 17.9 Å². The zero-order chi connectivity index (χ0) is 51.8. The molecule has 75 heavy (non-hydrogen) atoms. The van der Waals surface area contributed by atoms with E-state index < -0.39 is 51.1 Å². The van der Waals surface area contributed by atoms with Crippen LogP contribution in [0.25, 0.3) is 0 Å². The molecular formula is C59H52BrN7O6S2. The molecule has 1 saturated heterocycles. The number of amides is 2. The number of alkyl halides is 1. The summed E-state index contributed by atoms with van der Waals surface area (Å²) in [5, 5.41) is 12.5. The molecule has 8 aromatic rings. The van der Waals surface area contributed by atoms with E-state index in [1.807, 2.05) is 116 Å². The molecule has 4 heterocycles. The molecule has 3 atom stereocenters. The number of benzene rings is 6. The number of carbonyl (C=O) groups is 3. The predicted molar refractivity (Wildman–Crippen MR) is 295 cm³/mol. The lowest BCUT2D eigenvalue weighted by molar-refractivity contribution is -0.152. The zero-order valence-corrected chi connectivity index (χ0v) is 44.0. The van der Waals surface area contributed by atoms with Gasteiger partial charge in [-0.2, -0.15) is 0 Å². The van der Waals surface area contributed by atoms with Gasteiger partial charge in [0.25, 0.3) is 11.8 Å². The summed E-state index contributed by atoms with van der Waals surface area (Å²) in [5.74, 6) is -2.08. The number of aromatic nitrogens is 3. The highest BCUT2D eigenvalue weighted by Crippen LogP contribution is 2.43. The maximum absolute atomic E-state index is 14.9. The van der Waals surface area contributed by atoms with Crippen molar-refractivity contribution in [3.05, 3.63) is 256 Å². The standard InChI is InChI=1S/C59H52BrN7O6S2/c1-2-3-34-72-56(70)52-41(35-60)39-75(71)55-51(54(69)67(52)55)63-53(68)50(49-38-74-57(62-49)64-58(42-22-10-4-11-23-42,43-24-12-5-13-25-43)44-26-14-6-15-27-44)65-73-37-48-36-61-40-66(48)59(45-28-16-7-17-29-45,46-30-18-8-19-31-46)47-32-20-9-21-33-47/h4-33,36,38,40,51,55H,2-3,34-35,37,39H2,1H3,(H,62,64)(H,63,68)/t51-,55+,75?/m1/s1. The fraction of sp³-hybridized carbons (Fsp3) is 0.186. The smallest absolute Gasteiger partial charge is 0.355 e. The number of β-lactam (4-membered cyclic amide) rings is 1. The van der Waals surface area contributed by atoms with E-state index in [9.17, 15) is 18.6 Å². The van der Waals surface area contributed by atoms with Gasteiger partial charge in [0.1, 0.15) is 33.9 Å². The van der Waals surface area contributed by atoms with E-state index >= 15 is 0 Å². The number of nitrogens with zero attached hydrogens (tertiary/aromatic N) is 5. The van der Waals surface area contributed by atoms with Crippen molar-refractivity contribution in [3.63, 3.8) is 0 Å². The van der Waals surface area contributed by atoms with Crippen molar-refractivity contribution in [2.24, 2.45) is 5.16 Å². The number of halogens is 1. The van der Waals surface area contributed by atoms with Crippen LogP contribution in [0.5, 0.6) is 0 Å². The Morgan fingerprint density at radius 3 is 1.77 bits per heavy atom. The molecule has 0 spiro atoms. The van der Waals surface area contributed by atoms with Crippen LogP contribution in [0.1, 0.15) is 64.5 Å². The number of anilines is 1. The lowest BCUT2D eigenvalue weighted by Gasteiger charge is -2.49. The van der Waals surface area contributed by atoms with Crippen LogP contribution in [-0.4, -0.2) is 76.2 Å². The Morgan fingerprint density at radius 2 is 1.28 bits per heavy atom. The maximum Gasteiger partial charge on any atom is 0.355 e. The first kappa shape index (κ1) is 50.7. The van der Waals surface area contributed by atoms with E-state index in [1.165, 1.54) is 16.2 Å². The van der Waals surface area contributed by atoms with E-state index in [0.29, 0.717) is 22.8 Å². The summed E-state index contributed by atoms with van der Waals surface area (Å²) >= 11 is 4.68. The second kappa shape index (κ2) is 22.8. The van der Waals surface area contributed by atoms with E-state index in [0.717, 1.165) is 39.8 Å². The van der Waals surface area contributed by atoms with Gasteiger partial charge in [0, 0.05) is 10.7 Å². The quantitative estimate of drug-likeness (QED) is 0.0144. The molecule has 1 unspecified atom stereocenters. The zero-order valence-electron chi connectivity index (χ0n) is 40.8. The predicted octanol–water partition coefficient (Wildman–Crippen LogP) is 9.91. The molecule has 10 rings (SSSR count). The van der Waals surface area contributed by atoms with Gasteiger partial charge in [0.05, 0.1) is 41.4 Å². The van der Waals surface area contributed by atoms with Crippen LogP contribution < -0.4 is 10.6 Å². The Labute approximate surface area is 449 Å². The van der Waals surface area contributed by atoms with Crippen molar-refractivity contribution in [1.29, 1.82) is 0 Å². The van der Waals surface area contributed by atoms with Crippen molar-refractivity contribution in [2.75, 3.05) is 23.0 Å². The highest BCUT2D eigenvalue weighted by molar-refractivity contribution is 9.09. The Bertz CT molecular complexity index is 3170. The van der Waals surface area contributed by atoms with Gasteiger partial charge in [-0.1, -0.05) is 216 Å². The molecule has 13 nitrogen and oxygen atoms in total. The normalized spacial score (nSPS) is 16.7. The number of imidazole rings is 1. The Balaban J connectivity index is 1.03. The topological polar surface area (TPSA) is 157 Å². The van der Waals surface area contributed by atoms with Crippen LogP contribution in [0, 0.1) is 0 Å². The summed E-state index contributed by atoms with van der Waals surface area (Å²) in [4.78, 5) is 59.8. The van der Waals surface area contributed by atoms with Crippen LogP contribution in [0.15, 0.2) is 216 Å². The first-order valence-electron chi connectivity index (χ1n) is 24.5. The maximum atomic E-state index is 14.9. The number of oxime groups is 1. The Morgan fingerprint density at radius 1 is 0.773 bits per heavy atom. The van der Waals surface area contributed by atoms with E-state index in [4.69, 9.17) is 14.6 Å². The minimum Gasteiger partial charge on any atom is -0.461 e. The summed E-state index contributed by atoms with van der Waals surface area (Å²) in [5.41, 5.74) is 4.96. The molecule has 2 aliphatic rings. The molecule has 2 amide bonds. The van der Waals surface area contributed by atoms with E-state index in [-0.39, 0.29) is 41.4 Å². The van der Waals surface area contributed by atoms with Gasteiger partial charge < -0.3 is 24.8 Å². The summed E-state index contributed by atoms with van der Waals surface area (Å²) in [6, 6.07) is 59.4.